The van der Waals surface area contributed by atoms with Crippen LogP contribution in [0, 0.1) is 5.92 Å². The third-order valence-electron chi connectivity index (χ3n) is 1.60. The zero-order chi connectivity index (χ0) is 9.07. The Morgan fingerprint density at radius 1 is 1.55 bits per heavy atom. The van der Waals surface area contributed by atoms with Crippen molar-refractivity contribution in [2.45, 2.75) is 25.5 Å². The Bertz CT molecular complexity index is 219. The molecule has 0 bridgehead atoms. The summed E-state index contributed by atoms with van der Waals surface area (Å²) in [6, 6.07) is 0. The van der Waals surface area contributed by atoms with Crippen molar-refractivity contribution in [1.82, 2.24) is 0 Å². The highest BCUT2D eigenvalue weighted by atomic mass is 32.2. The van der Waals surface area contributed by atoms with E-state index in [1.165, 1.54) is 6.29 Å². The second kappa shape index (κ2) is 3.82. The van der Waals surface area contributed by atoms with Gasteiger partial charge in [-0.3, -0.25) is 9.35 Å². The molecule has 2 unspecified atom stereocenters. The van der Waals surface area contributed by atoms with Crippen molar-refractivity contribution in [2.24, 2.45) is 5.92 Å². The van der Waals surface area contributed by atoms with Crippen LogP contribution >= 0.6 is 0 Å². The Morgan fingerprint density at radius 2 is 2.00 bits per heavy atom. The van der Waals surface area contributed by atoms with E-state index in [0.29, 0.717) is 6.42 Å². The van der Waals surface area contributed by atoms with Gasteiger partial charge in [-0.15, -0.1) is 0 Å². The Labute approximate surface area is 66.4 Å². The van der Waals surface area contributed by atoms with E-state index < -0.39 is 15.4 Å². The highest BCUT2D eigenvalue weighted by molar-refractivity contribution is 7.87. The van der Waals surface area contributed by atoms with Gasteiger partial charge < -0.3 is 0 Å². The second-order valence-electron chi connectivity index (χ2n) is 2.44. The van der Waals surface area contributed by atoms with Gasteiger partial charge in [0.1, 0.15) is 0 Å². The summed E-state index contributed by atoms with van der Waals surface area (Å²) in [5.74, 6) is -0.387. The highest BCUT2D eigenvalue weighted by Crippen LogP contribution is 2.12. The maximum absolute atomic E-state index is 10.5. The Hall–Kier alpha value is -0.420. The molecule has 0 aliphatic heterocycles. The number of rotatable bonds is 4. The lowest BCUT2D eigenvalue weighted by molar-refractivity contribution is 0.444. The third-order valence-corrected chi connectivity index (χ3v) is 2.80. The van der Waals surface area contributed by atoms with E-state index in [1.54, 1.807) is 13.8 Å². The Morgan fingerprint density at radius 3 is 2.09 bits per heavy atom. The van der Waals surface area contributed by atoms with Crippen molar-refractivity contribution >= 4 is 16.4 Å². The average Bonchev–Trinajstić information content (AvgIpc) is 1.86. The Kier molecular flexibility index (Phi) is 3.68. The van der Waals surface area contributed by atoms with Gasteiger partial charge in [0.25, 0.3) is 10.1 Å². The average molecular weight is 179 g/mol. The molecule has 11 heavy (non-hydrogen) atoms. The first kappa shape index (κ1) is 10.6. The zero-order valence-electron chi connectivity index (χ0n) is 6.44. The van der Waals surface area contributed by atoms with Gasteiger partial charge in [0.2, 0.25) is 6.29 Å². The normalized spacial score (nSPS) is 17.4. The van der Waals surface area contributed by atoms with Gasteiger partial charge in [0.05, 0.1) is 0 Å². The van der Waals surface area contributed by atoms with E-state index in [1.807, 2.05) is 0 Å². The molecule has 0 rings (SSSR count). The lowest BCUT2D eigenvalue weighted by atomic mass is 10.1. The van der Waals surface area contributed by atoms with Crippen LogP contribution in [-0.4, -0.2) is 24.5 Å². The molecule has 65 valence electrons. The van der Waals surface area contributed by atoms with Crippen molar-refractivity contribution in [3.63, 3.8) is 0 Å². The van der Waals surface area contributed by atoms with E-state index in [4.69, 9.17) is 4.55 Å². The van der Waals surface area contributed by atoms with Crippen LogP contribution in [0.1, 0.15) is 20.3 Å². The van der Waals surface area contributed by atoms with Gasteiger partial charge in [0, 0.05) is 0 Å². The SMILES string of the molecule is CCC(C)C([C]=O)S(=O)(=O)O. The van der Waals surface area contributed by atoms with Crippen LogP contribution in [0.5, 0.6) is 0 Å². The van der Waals surface area contributed by atoms with Crippen molar-refractivity contribution in [3.8, 4) is 0 Å². The largest absolute Gasteiger partial charge is 0.289 e. The molecule has 0 heterocycles. The molecule has 0 spiro atoms. The molecule has 0 aliphatic carbocycles. The topological polar surface area (TPSA) is 71.4 Å². The molecular formula is C6H11O4S. The number of carbonyl (C=O) groups excluding carboxylic acids is 1. The molecule has 0 saturated heterocycles. The predicted molar refractivity (Wildman–Crippen MR) is 40.5 cm³/mol. The van der Waals surface area contributed by atoms with Crippen LogP contribution in [-0.2, 0) is 14.9 Å². The van der Waals surface area contributed by atoms with Gasteiger partial charge in [-0.1, -0.05) is 20.3 Å². The van der Waals surface area contributed by atoms with Crippen LogP contribution in [0.4, 0.5) is 0 Å². The molecule has 0 fully saturated rings. The predicted octanol–water partition coefficient (Wildman–Crippen LogP) is 0.399. The maximum Gasteiger partial charge on any atom is 0.275 e. The summed E-state index contributed by atoms with van der Waals surface area (Å²) in [6.45, 7) is 3.31. The molecule has 4 nitrogen and oxygen atoms in total. The maximum atomic E-state index is 10.5. The van der Waals surface area contributed by atoms with E-state index in [-0.39, 0.29) is 5.92 Å². The summed E-state index contributed by atoms with van der Waals surface area (Å²) in [4.78, 5) is 10.1. The molecule has 2 atom stereocenters. The molecular weight excluding hydrogens is 168 g/mol. The van der Waals surface area contributed by atoms with Gasteiger partial charge in [-0.25, -0.2) is 0 Å². The van der Waals surface area contributed by atoms with Crippen molar-refractivity contribution in [1.29, 1.82) is 0 Å². The minimum atomic E-state index is -4.25. The first-order valence-electron chi connectivity index (χ1n) is 3.27. The van der Waals surface area contributed by atoms with E-state index >= 15 is 0 Å². The molecule has 0 amide bonds. The van der Waals surface area contributed by atoms with Crippen LogP contribution in [0.2, 0.25) is 0 Å². The van der Waals surface area contributed by atoms with E-state index in [0.717, 1.165) is 0 Å². The molecule has 1 radical (unpaired) electrons. The standard InChI is InChI=1S/C6H11O4S/c1-3-5(2)6(4-7)11(8,9)10/h5-6H,3H2,1-2H3,(H,8,9,10). The number of hydrogen-bond donors (Lipinski definition) is 1. The van der Waals surface area contributed by atoms with E-state index in [2.05, 4.69) is 0 Å². The van der Waals surface area contributed by atoms with Crippen molar-refractivity contribution < 1.29 is 17.8 Å². The van der Waals surface area contributed by atoms with Gasteiger partial charge in [-0.05, 0) is 5.92 Å². The molecule has 0 aromatic carbocycles. The van der Waals surface area contributed by atoms with Crippen LogP contribution < -0.4 is 0 Å². The smallest absolute Gasteiger partial charge is 0.275 e. The van der Waals surface area contributed by atoms with Crippen molar-refractivity contribution in [2.75, 3.05) is 0 Å². The highest BCUT2D eigenvalue weighted by Gasteiger charge is 2.28. The fraction of sp³-hybridized carbons (Fsp3) is 0.833. The fourth-order valence-electron chi connectivity index (χ4n) is 0.685. The fourth-order valence-corrected chi connectivity index (χ4v) is 1.59. The lowest BCUT2D eigenvalue weighted by Gasteiger charge is -2.11. The summed E-state index contributed by atoms with van der Waals surface area (Å²) >= 11 is 0. The molecule has 1 N–H and O–H groups in total. The summed E-state index contributed by atoms with van der Waals surface area (Å²) in [5, 5.41) is -1.40. The van der Waals surface area contributed by atoms with Crippen LogP contribution in [0.15, 0.2) is 0 Å². The number of hydrogen-bond acceptors (Lipinski definition) is 3. The Balaban J connectivity index is 4.55. The quantitative estimate of drug-likeness (QED) is 0.634. The summed E-state index contributed by atoms with van der Waals surface area (Å²) in [7, 11) is -4.25. The molecule has 0 aliphatic rings. The van der Waals surface area contributed by atoms with Crippen molar-refractivity contribution in [3.05, 3.63) is 0 Å². The zero-order valence-corrected chi connectivity index (χ0v) is 7.26. The molecule has 0 aromatic rings. The first-order chi connectivity index (χ1) is 4.93. The minimum Gasteiger partial charge on any atom is -0.289 e. The van der Waals surface area contributed by atoms with Crippen LogP contribution in [0.25, 0.3) is 0 Å². The molecule has 0 saturated carbocycles. The second-order valence-corrected chi connectivity index (χ2v) is 3.98. The van der Waals surface area contributed by atoms with Gasteiger partial charge in [-0.2, -0.15) is 8.42 Å². The summed E-state index contributed by atoms with van der Waals surface area (Å²) in [5.41, 5.74) is 0. The summed E-state index contributed by atoms with van der Waals surface area (Å²) in [6.07, 6.45) is 1.82. The minimum absolute atomic E-state index is 0.387. The monoisotopic (exact) mass is 179 g/mol. The summed E-state index contributed by atoms with van der Waals surface area (Å²) < 4.78 is 29.4. The third kappa shape index (κ3) is 2.98. The molecule has 0 aromatic heterocycles. The van der Waals surface area contributed by atoms with E-state index in [9.17, 15) is 13.2 Å². The molecule has 5 heteroatoms. The first-order valence-corrected chi connectivity index (χ1v) is 4.77. The van der Waals surface area contributed by atoms with Crippen LogP contribution in [0.3, 0.4) is 0 Å². The van der Waals surface area contributed by atoms with Gasteiger partial charge in [0.15, 0.2) is 5.25 Å². The van der Waals surface area contributed by atoms with Gasteiger partial charge >= 0.3 is 0 Å². The lowest BCUT2D eigenvalue weighted by Crippen LogP contribution is -2.28.